The van der Waals surface area contributed by atoms with Crippen LogP contribution in [-0.4, -0.2) is 30.8 Å². The fourth-order valence-corrected chi connectivity index (χ4v) is 3.97. The van der Waals surface area contributed by atoms with Gasteiger partial charge in [0.25, 0.3) is 5.56 Å². The van der Waals surface area contributed by atoms with Gasteiger partial charge in [0.15, 0.2) is 0 Å². The molecule has 0 radical (unpaired) electrons. The number of carbonyl (C=O) groups is 1. The minimum absolute atomic E-state index is 0.0242. The van der Waals surface area contributed by atoms with Crippen molar-refractivity contribution in [3.8, 4) is 5.95 Å². The largest absolute Gasteiger partial charge is 0.478 e. The number of carboxylic acids is 1. The molecule has 0 fully saturated rings. The first-order valence-corrected chi connectivity index (χ1v) is 8.55. The third-order valence-corrected chi connectivity index (χ3v) is 5.49. The predicted molar refractivity (Wildman–Crippen MR) is 92.0 cm³/mol. The van der Waals surface area contributed by atoms with Gasteiger partial charge < -0.3 is 5.11 Å². The summed E-state index contributed by atoms with van der Waals surface area (Å²) in [4.78, 5) is 31.4. The highest BCUT2D eigenvalue weighted by Gasteiger charge is 2.12. The van der Waals surface area contributed by atoms with Gasteiger partial charge in [-0.25, -0.2) is 14.5 Å². The lowest BCUT2D eigenvalue weighted by Crippen LogP contribution is -2.13. The van der Waals surface area contributed by atoms with Gasteiger partial charge in [0, 0.05) is 6.20 Å². The maximum Gasteiger partial charge on any atom is 0.338 e. The highest BCUT2D eigenvalue weighted by molar-refractivity contribution is 8.22. The smallest absolute Gasteiger partial charge is 0.338 e. The number of nitrogens with one attached hydrogen (secondary N) is 1. The van der Waals surface area contributed by atoms with E-state index in [9.17, 15) is 9.59 Å². The summed E-state index contributed by atoms with van der Waals surface area (Å²) in [6.45, 7) is 0. The summed E-state index contributed by atoms with van der Waals surface area (Å²) in [7, 11) is -0.505. The number of nitrogens with zero attached hydrogens (tertiary/aromatic N) is 3. The van der Waals surface area contributed by atoms with Gasteiger partial charge in [-0.3, -0.25) is 9.78 Å². The third-order valence-electron chi connectivity index (χ3n) is 3.63. The van der Waals surface area contributed by atoms with Crippen molar-refractivity contribution in [2.45, 2.75) is 4.90 Å². The van der Waals surface area contributed by atoms with Gasteiger partial charge in [0.05, 0.1) is 22.7 Å². The molecule has 0 bridgehead atoms. The van der Waals surface area contributed by atoms with Crippen molar-refractivity contribution >= 4 is 27.8 Å². The van der Waals surface area contributed by atoms with E-state index in [1.54, 1.807) is 6.07 Å². The monoisotopic (exact) mass is 340 g/mol. The Morgan fingerprint density at radius 2 is 2.04 bits per heavy atom. The molecule has 1 aliphatic heterocycles. The molecule has 0 amide bonds. The van der Waals surface area contributed by atoms with Crippen LogP contribution in [-0.2, 0) is 0 Å². The molecule has 2 aromatic heterocycles. The summed E-state index contributed by atoms with van der Waals surface area (Å²) in [5.74, 6) is -0.906. The van der Waals surface area contributed by atoms with E-state index in [0.717, 1.165) is 4.90 Å². The van der Waals surface area contributed by atoms with E-state index in [0.29, 0.717) is 10.9 Å². The van der Waals surface area contributed by atoms with Gasteiger partial charge >= 0.3 is 5.97 Å². The highest BCUT2D eigenvalue weighted by atomic mass is 32.2. The topological polar surface area (TPSA) is 101 Å². The van der Waals surface area contributed by atoms with E-state index < -0.39 is 16.9 Å². The third kappa shape index (κ3) is 2.42. The molecule has 24 heavy (non-hydrogen) atoms. The van der Waals surface area contributed by atoms with Gasteiger partial charge in [-0.05, 0) is 33.9 Å². The number of benzene rings is 1. The Hall–Kier alpha value is -3.13. The van der Waals surface area contributed by atoms with E-state index >= 15 is 0 Å². The number of rotatable bonds is 3. The molecule has 4 rings (SSSR count). The second-order valence-corrected chi connectivity index (χ2v) is 7.09. The summed E-state index contributed by atoms with van der Waals surface area (Å²) in [5, 5.41) is 17.6. The zero-order valence-electron chi connectivity index (χ0n) is 12.2. The molecule has 0 unspecified atom stereocenters. The average molecular weight is 340 g/mol. The SMILES string of the molecule is O=C(O)c1cnn(-c2nc3cc([SH]4C=CC=C4)ccc3c(=O)[nH]2)c1. The lowest BCUT2D eigenvalue weighted by atomic mass is 10.2. The second kappa shape index (κ2) is 5.50. The minimum Gasteiger partial charge on any atom is -0.478 e. The van der Waals surface area contributed by atoms with Crippen molar-refractivity contribution in [2.75, 3.05) is 0 Å². The number of fused-ring (bicyclic) bond motifs is 1. The van der Waals surface area contributed by atoms with Gasteiger partial charge in [-0.1, -0.05) is 12.2 Å². The Kier molecular flexibility index (Phi) is 3.31. The van der Waals surface area contributed by atoms with E-state index in [2.05, 4.69) is 25.9 Å². The van der Waals surface area contributed by atoms with E-state index in [-0.39, 0.29) is 17.1 Å². The van der Waals surface area contributed by atoms with E-state index in [1.165, 1.54) is 17.1 Å². The summed E-state index contributed by atoms with van der Waals surface area (Å²) in [5.41, 5.74) is 0.283. The van der Waals surface area contributed by atoms with E-state index in [4.69, 9.17) is 5.11 Å². The summed E-state index contributed by atoms with van der Waals surface area (Å²) >= 11 is 0. The molecule has 2 N–H and O–H groups in total. The number of hydrogen-bond donors (Lipinski definition) is 3. The minimum atomic E-state index is -1.09. The van der Waals surface area contributed by atoms with Gasteiger partial charge in [0.2, 0.25) is 5.95 Å². The normalized spacial score (nSPS) is 14.6. The van der Waals surface area contributed by atoms with Crippen LogP contribution in [0.1, 0.15) is 10.4 Å². The Labute approximate surface area is 138 Å². The number of allylic oxidation sites excluding steroid dienone is 2. The van der Waals surface area contributed by atoms with Crippen molar-refractivity contribution in [1.82, 2.24) is 19.7 Å². The fourth-order valence-electron chi connectivity index (χ4n) is 2.44. The number of thiol groups is 1. The second-order valence-electron chi connectivity index (χ2n) is 5.16. The number of aromatic carboxylic acids is 1. The first kappa shape index (κ1) is 14.5. The molecule has 120 valence electrons. The lowest BCUT2D eigenvalue weighted by Gasteiger charge is -2.11. The van der Waals surface area contributed by atoms with E-state index in [1.807, 2.05) is 24.3 Å². The Morgan fingerprint density at radius 3 is 2.75 bits per heavy atom. The maximum atomic E-state index is 12.3. The summed E-state index contributed by atoms with van der Waals surface area (Å²) in [6, 6.07) is 5.58. The molecular weight excluding hydrogens is 328 g/mol. The highest BCUT2D eigenvalue weighted by Crippen LogP contribution is 2.42. The number of carboxylic acid groups (broad SMARTS) is 1. The van der Waals surface area contributed by atoms with Crippen molar-refractivity contribution in [3.63, 3.8) is 0 Å². The van der Waals surface area contributed by atoms with Crippen LogP contribution in [0.3, 0.4) is 0 Å². The molecule has 0 saturated carbocycles. The van der Waals surface area contributed by atoms with Crippen LogP contribution in [0, 0.1) is 0 Å². The first-order valence-electron chi connectivity index (χ1n) is 7.07. The Morgan fingerprint density at radius 1 is 1.25 bits per heavy atom. The lowest BCUT2D eigenvalue weighted by molar-refractivity contribution is 0.0697. The zero-order valence-corrected chi connectivity index (χ0v) is 13.1. The van der Waals surface area contributed by atoms with Crippen molar-refractivity contribution < 1.29 is 9.90 Å². The van der Waals surface area contributed by atoms with Crippen LogP contribution in [0.4, 0.5) is 0 Å². The quantitative estimate of drug-likeness (QED) is 0.635. The van der Waals surface area contributed by atoms with Crippen LogP contribution in [0.25, 0.3) is 16.9 Å². The standard InChI is InChI=1S/C16H12N4O3S/c21-14-12-4-3-11(24-5-1-2-6-24)7-13(12)18-16(19-14)20-9-10(8-17-20)15(22)23/h1-9,24H,(H,22,23)(H,18,19,21). The van der Waals surface area contributed by atoms with Crippen LogP contribution >= 0.6 is 10.9 Å². The number of hydrogen-bond acceptors (Lipinski definition) is 4. The average Bonchev–Trinajstić information content (AvgIpc) is 3.26. The molecule has 3 aromatic rings. The summed E-state index contributed by atoms with van der Waals surface area (Å²) in [6.07, 6.45) is 6.52. The molecule has 0 atom stereocenters. The van der Waals surface area contributed by atoms with Crippen LogP contribution in [0.2, 0.25) is 0 Å². The van der Waals surface area contributed by atoms with Gasteiger partial charge in [-0.15, -0.1) is 0 Å². The van der Waals surface area contributed by atoms with Gasteiger partial charge in [-0.2, -0.15) is 16.0 Å². The maximum absolute atomic E-state index is 12.3. The van der Waals surface area contributed by atoms with Crippen LogP contribution < -0.4 is 5.56 Å². The van der Waals surface area contributed by atoms with Gasteiger partial charge in [0.1, 0.15) is 0 Å². The van der Waals surface area contributed by atoms with Crippen molar-refractivity contribution in [3.05, 3.63) is 69.5 Å². The molecule has 0 saturated heterocycles. The molecule has 0 aliphatic carbocycles. The summed E-state index contributed by atoms with van der Waals surface area (Å²) < 4.78 is 1.25. The fraction of sp³-hybridized carbons (Fsp3) is 0. The molecule has 3 heterocycles. The number of aromatic nitrogens is 4. The predicted octanol–water partition coefficient (Wildman–Crippen LogP) is 2.21. The van der Waals surface area contributed by atoms with Crippen LogP contribution in [0.15, 0.2) is 63.3 Å². The molecule has 0 spiro atoms. The molecule has 1 aliphatic rings. The van der Waals surface area contributed by atoms with Crippen LogP contribution in [0.5, 0.6) is 0 Å². The number of H-pyrrole nitrogens is 1. The zero-order chi connectivity index (χ0) is 16.7. The molecule has 1 aromatic carbocycles. The molecule has 7 nitrogen and oxygen atoms in total. The molecular formula is C16H12N4O3S. The number of aromatic amines is 1. The van der Waals surface area contributed by atoms with Crippen molar-refractivity contribution in [2.24, 2.45) is 0 Å². The Bertz CT molecular complexity index is 1070. The molecule has 8 heteroatoms. The first-order chi connectivity index (χ1) is 11.6. The Balaban J connectivity index is 1.84. The van der Waals surface area contributed by atoms with Crippen molar-refractivity contribution in [1.29, 1.82) is 0 Å².